The van der Waals surface area contributed by atoms with Crippen LogP contribution in [0.3, 0.4) is 0 Å². The molecule has 12 N–H and O–H groups in total. The second kappa shape index (κ2) is 14.7. The van der Waals surface area contributed by atoms with Crippen molar-refractivity contribution in [2.24, 2.45) is 0 Å². The summed E-state index contributed by atoms with van der Waals surface area (Å²) in [7, 11) is 4.61. The molecule has 0 bridgehead atoms. The molecular formula is C10H19Cl4N7O5Pt. The number of imidazole rings is 1. The number of rotatable bonds is 2. The Balaban J connectivity index is -0.000000366. The summed E-state index contributed by atoms with van der Waals surface area (Å²) in [6, 6.07) is 0. The first-order chi connectivity index (χ1) is 10.5. The van der Waals surface area contributed by atoms with Crippen molar-refractivity contribution >= 4 is 26.5 Å². The van der Waals surface area contributed by atoms with Crippen molar-refractivity contribution in [2.45, 2.75) is 24.5 Å². The van der Waals surface area contributed by atoms with Gasteiger partial charge in [0.1, 0.15) is 18.3 Å². The number of H-pyrrole nitrogens is 1. The van der Waals surface area contributed by atoms with Crippen molar-refractivity contribution in [1.82, 2.24) is 31.8 Å². The van der Waals surface area contributed by atoms with Crippen molar-refractivity contribution in [3.8, 4) is 0 Å². The molecule has 0 amide bonds. The topological polar surface area (TPSA) is 230 Å². The second-order valence-electron chi connectivity index (χ2n) is 4.50. The Hall–Kier alpha value is -0.242. The van der Waals surface area contributed by atoms with Gasteiger partial charge in [0.25, 0.3) is 5.56 Å². The Morgan fingerprint density at radius 2 is 1.81 bits per heavy atom. The number of aromatic nitrogens is 4. The summed E-state index contributed by atoms with van der Waals surface area (Å²) in [6.45, 7) is -0.447. The van der Waals surface area contributed by atoms with E-state index in [0.29, 0.717) is 0 Å². The summed E-state index contributed by atoms with van der Waals surface area (Å²) >= 11 is 1.61. The van der Waals surface area contributed by atoms with Crippen LogP contribution in [0.2, 0.25) is 0 Å². The van der Waals surface area contributed by atoms with Crippen molar-refractivity contribution in [1.29, 1.82) is 0 Å². The molecule has 0 aliphatic carbocycles. The summed E-state index contributed by atoms with van der Waals surface area (Å²) in [5.41, 5.74) is 5.12. The van der Waals surface area contributed by atoms with Gasteiger partial charge in [0.2, 0.25) is 5.95 Å². The van der Waals surface area contributed by atoms with E-state index >= 15 is 0 Å². The third-order valence-electron chi connectivity index (χ3n) is 3.24. The van der Waals surface area contributed by atoms with Crippen LogP contribution in [-0.2, 0) is 23.5 Å². The molecule has 0 spiro atoms. The quantitative estimate of drug-likeness (QED) is 0.162. The maximum atomic E-state index is 11.7. The zero-order valence-electron chi connectivity index (χ0n) is 13.4. The number of aliphatic hydroxyl groups excluding tert-OH is 3. The molecule has 2 aromatic rings. The van der Waals surface area contributed by atoms with Gasteiger partial charge >= 0.3 is 28.2 Å². The first kappa shape index (κ1) is 34.3. The summed E-state index contributed by atoms with van der Waals surface area (Å²) in [5.74, 6) is -0.101. The molecule has 3 heterocycles. The molecule has 162 valence electrons. The molecular weight excluding hydrogens is 635 g/mol. The summed E-state index contributed by atoms with van der Waals surface area (Å²) < 4.78 is 6.64. The number of nitrogens with zero attached hydrogens (tertiary/aromatic N) is 3. The number of nitrogens with two attached hydrogens (primary N) is 1. The van der Waals surface area contributed by atoms with E-state index in [0.717, 1.165) is 0 Å². The van der Waals surface area contributed by atoms with Crippen LogP contribution in [0.25, 0.3) is 11.2 Å². The number of hydrogen-bond donors (Lipinski definition) is 7. The number of anilines is 1. The van der Waals surface area contributed by atoms with E-state index in [2.05, 4.69) is 24.4 Å². The van der Waals surface area contributed by atoms with Gasteiger partial charge in [0.05, 0.1) is 12.9 Å². The van der Waals surface area contributed by atoms with E-state index in [-0.39, 0.29) is 66.6 Å². The van der Waals surface area contributed by atoms with Crippen LogP contribution in [-0.4, -0.2) is 59.8 Å². The molecule has 0 radical (unpaired) electrons. The second-order valence-corrected chi connectivity index (χ2v) is 4.50. The van der Waals surface area contributed by atoms with Gasteiger partial charge in [-0.15, -0.1) is 0 Å². The average Bonchev–Trinajstić information content (AvgIpc) is 3.04. The van der Waals surface area contributed by atoms with Crippen LogP contribution in [0.1, 0.15) is 6.23 Å². The fraction of sp³-hybridized carbons (Fsp3) is 0.500. The molecule has 27 heavy (non-hydrogen) atoms. The molecule has 3 rings (SSSR count). The van der Waals surface area contributed by atoms with Gasteiger partial charge in [-0.2, -0.15) is 4.98 Å². The Kier molecular flexibility index (Phi) is 18.7. The standard InChI is InChI=1S/C10H13N5O5.4ClH.2H3N.Pt/c11-10-13-7-4(8(19)14-10)12-2-15(7)9-6(18)5(17)3(1-16)20-9;;;;;;;/h2-3,5-6,9,16-18H,1H2,(H3,11,13,14,19);4*1H;2*1H3;/q;;;;;;;+4/p-4/t3-,5-,6-,9-;;;;;;;/m1......./s1. The van der Waals surface area contributed by atoms with Crippen LogP contribution in [0.4, 0.5) is 5.95 Å². The zero-order chi connectivity index (χ0) is 16.4. The predicted octanol–water partition coefficient (Wildman–Crippen LogP) is -10.7. The third kappa shape index (κ3) is 6.65. The molecule has 1 saturated heterocycles. The Bertz CT molecular complexity index is 723. The van der Waals surface area contributed by atoms with Crippen LogP contribution < -0.4 is 60.8 Å². The van der Waals surface area contributed by atoms with Gasteiger partial charge in [0.15, 0.2) is 17.4 Å². The monoisotopic (exact) mass is 652 g/mol. The zero-order valence-corrected chi connectivity index (χ0v) is 18.7. The minimum absolute atomic E-state index is 0. The molecule has 0 saturated carbocycles. The van der Waals surface area contributed by atoms with Gasteiger partial charge in [-0.3, -0.25) is 14.3 Å². The number of hydrogen-bond acceptors (Lipinski definition) is 10. The van der Waals surface area contributed by atoms with Gasteiger partial charge < -0.3 is 75.3 Å². The van der Waals surface area contributed by atoms with Crippen LogP contribution >= 0.6 is 9.42 Å². The van der Waals surface area contributed by atoms with E-state index in [1.807, 2.05) is 0 Å². The fourth-order valence-corrected chi connectivity index (χ4v) is 2.24. The molecule has 17 heteroatoms. The van der Waals surface area contributed by atoms with Gasteiger partial charge in [-0.05, 0) is 0 Å². The molecule has 12 nitrogen and oxygen atoms in total. The number of aromatic amines is 1. The number of aliphatic hydroxyl groups is 3. The number of halogens is 4. The van der Waals surface area contributed by atoms with Crippen LogP contribution in [0.5, 0.6) is 0 Å². The van der Waals surface area contributed by atoms with E-state index in [1.165, 1.54) is 10.9 Å². The Morgan fingerprint density at radius 3 is 2.30 bits per heavy atom. The molecule has 0 aromatic carbocycles. The first-order valence-corrected chi connectivity index (χ1v) is 8.81. The molecule has 1 aliphatic heterocycles. The van der Waals surface area contributed by atoms with E-state index in [9.17, 15) is 15.0 Å². The Morgan fingerprint density at radius 1 is 1.26 bits per heavy atom. The van der Waals surface area contributed by atoms with E-state index in [4.69, 9.17) is 15.6 Å². The normalized spacial score (nSPS) is 22.6. The van der Waals surface area contributed by atoms with Crippen molar-refractivity contribution in [3.63, 3.8) is 0 Å². The summed E-state index contributed by atoms with van der Waals surface area (Å²) in [6.07, 6.45) is -3.21. The molecule has 1 aliphatic rings. The molecule has 2 aromatic heterocycles. The molecule has 4 atom stereocenters. The van der Waals surface area contributed by atoms with Crippen molar-refractivity contribution < 1.29 is 76.1 Å². The van der Waals surface area contributed by atoms with Crippen molar-refractivity contribution in [3.05, 3.63) is 16.7 Å². The van der Waals surface area contributed by atoms with Gasteiger partial charge in [0, 0.05) is 0 Å². The number of nitrogens with one attached hydrogen (secondary N) is 1. The maximum absolute atomic E-state index is 11.7. The summed E-state index contributed by atoms with van der Waals surface area (Å²) in [5, 5.41) is 28.7. The van der Waals surface area contributed by atoms with Gasteiger partial charge in [-0.1, -0.05) is 0 Å². The van der Waals surface area contributed by atoms with Gasteiger partial charge in [-0.25, -0.2) is 4.98 Å². The fourth-order valence-electron chi connectivity index (χ4n) is 2.24. The minimum atomic E-state index is -1.29. The number of fused-ring (bicyclic) bond motifs is 1. The Labute approximate surface area is 187 Å². The SMILES string of the molecule is N.N.Nc1nc2c(ncn2[C@@H]2O[C@H](CO)[C@@H](O)[C@H]2O)c(=O)[nH]1.[Cl-].[Cl-].[Cl-].[Cl][Pt+3]. The average molecular weight is 654 g/mol. The van der Waals surface area contributed by atoms with Crippen LogP contribution in [0, 0.1) is 0 Å². The number of nitrogen functional groups attached to an aromatic ring is 1. The van der Waals surface area contributed by atoms with Crippen LogP contribution in [0.15, 0.2) is 11.1 Å². The molecule has 1 fully saturated rings. The molecule has 0 unspecified atom stereocenters. The van der Waals surface area contributed by atoms with E-state index in [1.54, 1.807) is 18.8 Å². The number of ether oxygens (including phenoxy) is 1. The third-order valence-corrected chi connectivity index (χ3v) is 3.24. The van der Waals surface area contributed by atoms with E-state index < -0.39 is 36.7 Å². The first-order valence-electron chi connectivity index (χ1n) is 5.99. The van der Waals surface area contributed by atoms with Crippen molar-refractivity contribution in [2.75, 3.05) is 12.3 Å². The summed E-state index contributed by atoms with van der Waals surface area (Å²) in [4.78, 5) is 21.8. The predicted molar refractivity (Wildman–Crippen MR) is 81.5 cm³/mol.